The maximum Gasteiger partial charge on any atom is 0.102 e. The molecule has 0 radical (unpaired) electrons. The van der Waals surface area contributed by atoms with Crippen LogP contribution in [0.1, 0.15) is 109 Å². The Morgan fingerprint density at radius 3 is 2.70 bits per heavy atom. The van der Waals surface area contributed by atoms with Crippen LogP contribution in [0.25, 0.3) is 0 Å². The number of allylic oxidation sites excluding steroid dienone is 4. The molecule has 4 aliphatic carbocycles. The first-order chi connectivity index (χ1) is 19.0. The lowest BCUT2D eigenvalue weighted by Crippen LogP contribution is -2.39. The minimum Gasteiger partial charge on any atom is -0.393 e. The van der Waals surface area contributed by atoms with E-state index in [-0.39, 0.29) is 16.2 Å². The van der Waals surface area contributed by atoms with Gasteiger partial charge in [0.15, 0.2) is 0 Å². The van der Waals surface area contributed by atoms with Crippen molar-refractivity contribution in [3.63, 3.8) is 0 Å². The molecule has 5 rings (SSSR count). The second-order valence-corrected chi connectivity index (χ2v) is 15.0. The zero-order chi connectivity index (χ0) is 28.7. The SMILES string of the molecule is C=C1/C(=C\C=C2/CCC[C@]3(C)[C@@H](C(C)(C)/C=C/[C@H](O)C4(c5nc(CCCC)cs5)CC4)CC[C@@H]23)C[C@@H](O)C[C@@H]1O. The molecule has 4 saturated carbocycles. The molecule has 4 fully saturated rings. The van der Waals surface area contributed by atoms with E-state index in [0.29, 0.717) is 24.7 Å². The number of rotatable bonds is 9. The molecule has 0 unspecified atom stereocenters. The van der Waals surface area contributed by atoms with Gasteiger partial charge in [0.05, 0.1) is 29.4 Å². The van der Waals surface area contributed by atoms with E-state index in [2.05, 4.69) is 64.0 Å². The summed E-state index contributed by atoms with van der Waals surface area (Å²) in [5.74, 6) is 1.10. The number of aromatic nitrogens is 1. The molecule has 0 aromatic carbocycles. The van der Waals surface area contributed by atoms with Crippen molar-refractivity contribution >= 4 is 11.3 Å². The van der Waals surface area contributed by atoms with Gasteiger partial charge in [-0.1, -0.05) is 70.6 Å². The molecule has 4 nitrogen and oxygen atoms in total. The molecule has 1 aromatic rings. The normalized spacial score (nSPS) is 35.0. The van der Waals surface area contributed by atoms with Crippen molar-refractivity contribution in [2.75, 3.05) is 0 Å². The van der Waals surface area contributed by atoms with Crippen molar-refractivity contribution in [3.05, 3.63) is 63.7 Å². The van der Waals surface area contributed by atoms with Gasteiger partial charge in [-0.2, -0.15) is 0 Å². The van der Waals surface area contributed by atoms with Crippen molar-refractivity contribution < 1.29 is 15.3 Å². The molecule has 1 heterocycles. The highest BCUT2D eigenvalue weighted by Gasteiger charge is 2.54. The third-order valence-electron chi connectivity index (χ3n) is 11.0. The average molecular weight is 566 g/mol. The summed E-state index contributed by atoms with van der Waals surface area (Å²) in [4.78, 5) is 4.94. The molecule has 0 amide bonds. The van der Waals surface area contributed by atoms with Gasteiger partial charge in [0.25, 0.3) is 0 Å². The largest absolute Gasteiger partial charge is 0.393 e. The molecule has 0 spiro atoms. The number of aryl methyl sites for hydroxylation is 1. The lowest BCUT2D eigenvalue weighted by atomic mass is 9.57. The highest BCUT2D eigenvalue weighted by atomic mass is 32.1. The van der Waals surface area contributed by atoms with Crippen LogP contribution in [-0.4, -0.2) is 38.6 Å². The Balaban J connectivity index is 1.30. The number of aliphatic hydroxyl groups excluding tert-OH is 3. The van der Waals surface area contributed by atoms with E-state index >= 15 is 0 Å². The summed E-state index contributed by atoms with van der Waals surface area (Å²) >= 11 is 1.74. The summed E-state index contributed by atoms with van der Waals surface area (Å²) in [6.07, 6.45) is 19.6. The molecular formula is C35H51NO3S. The van der Waals surface area contributed by atoms with E-state index in [1.54, 1.807) is 11.3 Å². The molecule has 0 aliphatic heterocycles. The van der Waals surface area contributed by atoms with Crippen molar-refractivity contribution in [3.8, 4) is 0 Å². The topological polar surface area (TPSA) is 73.6 Å². The van der Waals surface area contributed by atoms with Gasteiger partial charge < -0.3 is 15.3 Å². The first-order valence-electron chi connectivity index (χ1n) is 15.8. The molecule has 4 aliphatic rings. The summed E-state index contributed by atoms with van der Waals surface area (Å²) in [5.41, 5.74) is 4.50. The second kappa shape index (κ2) is 11.6. The Bertz CT molecular complexity index is 1170. The zero-order valence-electron chi connectivity index (χ0n) is 25.2. The standard InChI is InChI=1S/C35H51NO3S/c1-6-7-10-26-22-40-32(36-26)35(18-19-35)31(39)15-17-33(3,4)30-14-13-28-24(9-8-16-34(28,30)5)11-12-25-20-27(37)21-29(38)23(25)2/h11-12,15,17,22,27-31,37-39H,2,6-10,13-14,16,18-21H2,1,3-5H3/b17-15+,24-11+,25-12-/t27-,28+,29+,30-,31+,34+/m1/s1. The van der Waals surface area contributed by atoms with Crippen LogP contribution in [0.15, 0.2) is 53.0 Å². The van der Waals surface area contributed by atoms with Crippen LogP contribution in [0.5, 0.6) is 0 Å². The number of unbranched alkanes of at least 4 members (excludes halogenated alkanes) is 1. The number of fused-ring (bicyclic) bond motifs is 1. The van der Waals surface area contributed by atoms with Crippen LogP contribution in [0.4, 0.5) is 0 Å². The lowest BCUT2D eigenvalue weighted by Gasteiger charge is -2.47. The molecule has 1 aromatic heterocycles. The van der Waals surface area contributed by atoms with E-state index in [4.69, 9.17) is 4.98 Å². The predicted molar refractivity (Wildman–Crippen MR) is 165 cm³/mol. The Morgan fingerprint density at radius 2 is 1.98 bits per heavy atom. The molecule has 220 valence electrons. The summed E-state index contributed by atoms with van der Waals surface area (Å²) in [6, 6.07) is 0. The lowest BCUT2D eigenvalue weighted by molar-refractivity contribution is 0.0706. The quantitative estimate of drug-likeness (QED) is 0.270. The van der Waals surface area contributed by atoms with E-state index in [0.717, 1.165) is 41.8 Å². The third-order valence-corrected chi connectivity index (χ3v) is 12.1. The number of nitrogens with zero attached hydrogens (tertiary/aromatic N) is 1. The van der Waals surface area contributed by atoms with Crippen molar-refractivity contribution in [1.29, 1.82) is 0 Å². The highest BCUT2D eigenvalue weighted by molar-refractivity contribution is 7.09. The maximum absolute atomic E-state index is 11.4. The number of hydrogen-bond acceptors (Lipinski definition) is 5. The number of hydrogen-bond donors (Lipinski definition) is 3. The summed E-state index contributed by atoms with van der Waals surface area (Å²) < 4.78 is 0. The van der Waals surface area contributed by atoms with Gasteiger partial charge in [0.1, 0.15) is 5.01 Å². The van der Waals surface area contributed by atoms with E-state index in [1.165, 1.54) is 49.8 Å². The minimum atomic E-state index is -0.641. The Labute approximate surface area is 246 Å². The highest BCUT2D eigenvalue weighted by Crippen LogP contribution is 2.62. The van der Waals surface area contributed by atoms with Crippen LogP contribution in [0, 0.1) is 22.7 Å². The van der Waals surface area contributed by atoms with Crippen LogP contribution in [0.3, 0.4) is 0 Å². The molecule has 3 N–H and O–H groups in total. The minimum absolute atomic E-state index is 0.0114. The molecule has 0 bridgehead atoms. The van der Waals surface area contributed by atoms with Crippen LogP contribution in [-0.2, 0) is 11.8 Å². The monoisotopic (exact) mass is 565 g/mol. The molecule has 5 heteroatoms. The van der Waals surface area contributed by atoms with Gasteiger partial charge in [-0.05, 0) is 98.0 Å². The van der Waals surface area contributed by atoms with Gasteiger partial charge >= 0.3 is 0 Å². The summed E-state index contributed by atoms with van der Waals surface area (Å²) in [5, 5.41) is 35.2. The third kappa shape index (κ3) is 5.73. The van der Waals surface area contributed by atoms with Gasteiger partial charge in [0, 0.05) is 11.8 Å². The summed E-state index contributed by atoms with van der Waals surface area (Å²) in [7, 11) is 0. The van der Waals surface area contributed by atoms with Crippen LogP contribution < -0.4 is 0 Å². The fraction of sp³-hybridized carbons (Fsp3) is 0.686. The Morgan fingerprint density at radius 1 is 1.20 bits per heavy atom. The van der Waals surface area contributed by atoms with Gasteiger partial charge in [-0.25, -0.2) is 4.98 Å². The number of aliphatic hydroxyl groups is 3. The summed E-state index contributed by atoms with van der Waals surface area (Å²) in [6.45, 7) is 13.6. The predicted octanol–water partition coefficient (Wildman–Crippen LogP) is 7.60. The molecule has 0 saturated heterocycles. The van der Waals surface area contributed by atoms with Gasteiger partial charge in [-0.3, -0.25) is 0 Å². The fourth-order valence-corrected chi connectivity index (χ4v) is 9.49. The molecular weight excluding hydrogens is 514 g/mol. The maximum atomic E-state index is 11.4. The Hall–Kier alpha value is -1.53. The van der Waals surface area contributed by atoms with Gasteiger partial charge in [-0.15, -0.1) is 11.3 Å². The smallest absolute Gasteiger partial charge is 0.102 e. The van der Waals surface area contributed by atoms with Gasteiger partial charge in [0.2, 0.25) is 0 Å². The first-order valence-corrected chi connectivity index (χ1v) is 16.7. The zero-order valence-corrected chi connectivity index (χ0v) is 26.0. The Kier molecular flexibility index (Phi) is 8.70. The first kappa shape index (κ1) is 29.9. The molecule has 40 heavy (non-hydrogen) atoms. The van der Waals surface area contributed by atoms with Crippen LogP contribution >= 0.6 is 11.3 Å². The average Bonchev–Trinajstić information content (AvgIpc) is 3.43. The van der Waals surface area contributed by atoms with Crippen LogP contribution in [0.2, 0.25) is 0 Å². The van der Waals surface area contributed by atoms with Crippen molar-refractivity contribution in [1.82, 2.24) is 4.98 Å². The van der Waals surface area contributed by atoms with Crippen molar-refractivity contribution in [2.45, 2.75) is 128 Å². The van der Waals surface area contributed by atoms with E-state index in [1.807, 2.05) is 0 Å². The molecule has 6 atom stereocenters. The second-order valence-electron chi connectivity index (χ2n) is 14.1. The van der Waals surface area contributed by atoms with E-state index < -0.39 is 18.3 Å². The van der Waals surface area contributed by atoms with E-state index in [9.17, 15) is 15.3 Å². The van der Waals surface area contributed by atoms with Crippen molar-refractivity contribution in [2.24, 2.45) is 22.7 Å². The fourth-order valence-electron chi connectivity index (χ4n) is 8.35. The number of thiazole rings is 1.